The summed E-state index contributed by atoms with van der Waals surface area (Å²) in [5, 5.41) is 15.9. The molecular weight excluding hydrogens is 625 g/mol. The molecule has 9 aromatic rings. The van der Waals surface area contributed by atoms with E-state index in [0.717, 1.165) is 77.6 Å². The molecule has 238 valence electrons. The van der Waals surface area contributed by atoms with Crippen LogP contribution in [0.1, 0.15) is 5.56 Å². The molecule has 0 amide bonds. The molecule has 9 rings (SSSR count). The predicted molar refractivity (Wildman–Crippen MR) is 209 cm³/mol. The third kappa shape index (κ3) is 5.36. The van der Waals surface area contributed by atoms with Crippen LogP contribution in [0, 0.1) is 17.9 Å². The molecular formula is C46H28N4O. The molecule has 0 spiro atoms. The normalized spacial score (nSPS) is 11.1. The maximum absolute atomic E-state index is 9.39. The minimum atomic E-state index is 0.612. The molecule has 0 fully saturated rings. The zero-order valence-corrected chi connectivity index (χ0v) is 27.4. The lowest BCUT2D eigenvalue weighted by molar-refractivity contribution is 0.670. The van der Waals surface area contributed by atoms with Crippen molar-refractivity contribution < 1.29 is 4.42 Å². The van der Waals surface area contributed by atoms with E-state index in [1.165, 1.54) is 0 Å². The Labute approximate surface area is 294 Å². The van der Waals surface area contributed by atoms with E-state index in [0.29, 0.717) is 11.3 Å². The third-order valence-electron chi connectivity index (χ3n) is 9.39. The fourth-order valence-corrected chi connectivity index (χ4v) is 6.92. The van der Waals surface area contributed by atoms with Crippen LogP contribution in [-0.2, 0) is 0 Å². The summed E-state index contributed by atoms with van der Waals surface area (Å²) in [6, 6.07) is 59.9. The van der Waals surface area contributed by atoms with E-state index < -0.39 is 0 Å². The van der Waals surface area contributed by atoms with Gasteiger partial charge in [-0.15, -0.1) is 0 Å². The molecule has 0 aliphatic heterocycles. The van der Waals surface area contributed by atoms with Gasteiger partial charge in [0, 0.05) is 44.9 Å². The monoisotopic (exact) mass is 652 g/mol. The average Bonchev–Trinajstić information content (AvgIpc) is 3.53. The zero-order valence-electron chi connectivity index (χ0n) is 27.4. The molecule has 0 aliphatic rings. The Bertz CT molecular complexity index is 2620. The van der Waals surface area contributed by atoms with Crippen LogP contribution >= 0.6 is 0 Å². The Balaban J connectivity index is 1.17. The molecule has 0 saturated carbocycles. The van der Waals surface area contributed by atoms with Crippen molar-refractivity contribution in [3.63, 3.8) is 0 Å². The molecule has 0 atom stereocenters. The van der Waals surface area contributed by atoms with E-state index >= 15 is 0 Å². The number of anilines is 6. The summed E-state index contributed by atoms with van der Waals surface area (Å²) >= 11 is 0. The topological polar surface area (TPSA) is 47.8 Å². The fraction of sp³-hybridized carbons (Fsp3) is 0. The molecule has 0 bridgehead atoms. The van der Waals surface area contributed by atoms with Crippen molar-refractivity contribution in [3.8, 4) is 6.07 Å². The first-order chi connectivity index (χ1) is 25.1. The Hall–Kier alpha value is -7.34. The molecule has 0 aliphatic carbocycles. The van der Waals surface area contributed by atoms with E-state index in [4.69, 9.17) is 11.0 Å². The van der Waals surface area contributed by atoms with Gasteiger partial charge in [0.25, 0.3) is 0 Å². The highest BCUT2D eigenvalue weighted by Crippen LogP contribution is 2.41. The summed E-state index contributed by atoms with van der Waals surface area (Å²) in [6.07, 6.45) is 0. The van der Waals surface area contributed by atoms with E-state index in [9.17, 15) is 5.26 Å². The van der Waals surface area contributed by atoms with Gasteiger partial charge < -0.3 is 14.2 Å². The number of furan rings is 1. The number of para-hydroxylation sites is 2. The van der Waals surface area contributed by atoms with Crippen LogP contribution in [0.2, 0.25) is 0 Å². The van der Waals surface area contributed by atoms with Gasteiger partial charge in [-0.25, -0.2) is 4.85 Å². The molecule has 8 aromatic carbocycles. The Morgan fingerprint density at radius 2 is 0.882 bits per heavy atom. The third-order valence-corrected chi connectivity index (χ3v) is 9.39. The number of benzene rings is 8. The molecule has 0 saturated heterocycles. The van der Waals surface area contributed by atoms with Gasteiger partial charge in [0.1, 0.15) is 11.2 Å². The summed E-state index contributed by atoms with van der Waals surface area (Å²) in [7, 11) is 0. The van der Waals surface area contributed by atoms with Gasteiger partial charge in [0.05, 0.1) is 18.2 Å². The molecule has 1 aromatic heterocycles. The minimum Gasteiger partial charge on any atom is -0.456 e. The number of fused-ring (bicyclic) bond motifs is 5. The van der Waals surface area contributed by atoms with Crippen molar-refractivity contribution in [1.82, 2.24) is 0 Å². The van der Waals surface area contributed by atoms with Crippen LogP contribution in [0.4, 0.5) is 39.8 Å². The summed E-state index contributed by atoms with van der Waals surface area (Å²) in [6.45, 7) is 7.40. The second kappa shape index (κ2) is 12.3. The van der Waals surface area contributed by atoms with Crippen LogP contribution in [0.25, 0.3) is 48.3 Å². The lowest BCUT2D eigenvalue weighted by Gasteiger charge is -2.26. The summed E-state index contributed by atoms with van der Waals surface area (Å²) in [4.78, 5) is 8.01. The van der Waals surface area contributed by atoms with Gasteiger partial charge in [0.15, 0.2) is 5.69 Å². The molecule has 5 nitrogen and oxygen atoms in total. The van der Waals surface area contributed by atoms with E-state index in [2.05, 4.69) is 106 Å². The van der Waals surface area contributed by atoms with Crippen LogP contribution in [-0.4, -0.2) is 0 Å². The van der Waals surface area contributed by atoms with Gasteiger partial charge in [-0.05, 0) is 131 Å². The zero-order chi connectivity index (χ0) is 34.3. The summed E-state index contributed by atoms with van der Waals surface area (Å²) in [5.41, 5.74) is 9.00. The second-order valence-corrected chi connectivity index (χ2v) is 12.5. The van der Waals surface area contributed by atoms with Crippen molar-refractivity contribution in [2.24, 2.45) is 0 Å². The van der Waals surface area contributed by atoms with Crippen LogP contribution < -0.4 is 9.80 Å². The van der Waals surface area contributed by atoms with Gasteiger partial charge in [0.2, 0.25) is 0 Å². The van der Waals surface area contributed by atoms with E-state index in [1.54, 1.807) is 0 Å². The number of hydrogen-bond donors (Lipinski definition) is 0. The van der Waals surface area contributed by atoms with Gasteiger partial charge >= 0.3 is 0 Å². The number of hydrogen-bond acceptors (Lipinski definition) is 4. The molecule has 0 unspecified atom stereocenters. The first-order valence-corrected chi connectivity index (χ1v) is 16.7. The van der Waals surface area contributed by atoms with E-state index in [1.807, 2.05) is 84.9 Å². The first kappa shape index (κ1) is 29.8. The minimum absolute atomic E-state index is 0.612. The SMILES string of the molecule is [C-]#[N+]c1ccc(N(c2ccccc2)c2ccc3cc4oc5cc6ccc(N(c7ccccc7)c7ccc(C#N)cc7)cc6cc5c4cc3c2)cc1. The molecule has 0 radical (unpaired) electrons. The molecule has 51 heavy (non-hydrogen) atoms. The van der Waals surface area contributed by atoms with Crippen LogP contribution in [0.15, 0.2) is 174 Å². The van der Waals surface area contributed by atoms with Crippen molar-refractivity contribution in [3.05, 3.63) is 187 Å². The largest absolute Gasteiger partial charge is 0.456 e. The maximum Gasteiger partial charge on any atom is 0.187 e. The number of nitrogens with zero attached hydrogens (tertiary/aromatic N) is 4. The molecule has 1 heterocycles. The Kier molecular flexibility index (Phi) is 7.17. The summed E-state index contributed by atoms with van der Waals surface area (Å²) < 4.78 is 6.47. The highest BCUT2D eigenvalue weighted by atomic mass is 16.3. The van der Waals surface area contributed by atoms with Gasteiger partial charge in [-0.2, -0.15) is 5.26 Å². The van der Waals surface area contributed by atoms with Crippen molar-refractivity contribution >= 4 is 83.3 Å². The first-order valence-electron chi connectivity index (χ1n) is 16.7. The predicted octanol–water partition coefficient (Wildman–Crippen LogP) is 13.3. The Morgan fingerprint density at radius 3 is 1.33 bits per heavy atom. The lowest BCUT2D eigenvalue weighted by Crippen LogP contribution is -2.09. The second-order valence-electron chi connectivity index (χ2n) is 12.5. The highest BCUT2D eigenvalue weighted by Gasteiger charge is 2.17. The number of nitriles is 1. The van der Waals surface area contributed by atoms with E-state index in [-0.39, 0.29) is 0 Å². The standard InChI is InChI=1S/C46H28N4O/c1-48-36-16-22-40(23-17-36)50(38-10-6-3-7-11-38)42-21-15-33-29-46-44(27-35(33)25-42)43-26-34-24-41(20-14-32(34)28-45(43)51-46)49(37-8-4-2-5-9-37)39-18-12-31(30-47)13-19-39/h2-29H. The molecule has 5 heteroatoms. The van der Waals surface area contributed by atoms with Crippen molar-refractivity contribution in [2.45, 2.75) is 0 Å². The number of rotatable bonds is 6. The Morgan fingerprint density at radius 1 is 0.451 bits per heavy atom. The molecule has 0 N–H and O–H groups in total. The van der Waals surface area contributed by atoms with Crippen LogP contribution in [0.3, 0.4) is 0 Å². The maximum atomic E-state index is 9.39. The quantitative estimate of drug-likeness (QED) is 0.168. The fourth-order valence-electron chi connectivity index (χ4n) is 6.92. The van der Waals surface area contributed by atoms with Crippen LogP contribution in [0.5, 0.6) is 0 Å². The average molecular weight is 653 g/mol. The van der Waals surface area contributed by atoms with Gasteiger partial charge in [-0.3, -0.25) is 0 Å². The summed E-state index contributed by atoms with van der Waals surface area (Å²) in [5.74, 6) is 0. The van der Waals surface area contributed by atoms with Crippen molar-refractivity contribution in [1.29, 1.82) is 5.26 Å². The smallest absolute Gasteiger partial charge is 0.187 e. The van der Waals surface area contributed by atoms with Gasteiger partial charge in [-0.1, -0.05) is 60.7 Å². The highest BCUT2D eigenvalue weighted by molar-refractivity contribution is 6.14. The lowest BCUT2D eigenvalue weighted by atomic mass is 10.0. The van der Waals surface area contributed by atoms with Crippen molar-refractivity contribution in [2.75, 3.05) is 9.80 Å².